The van der Waals surface area contributed by atoms with E-state index in [1.165, 1.54) is 0 Å². The minimum atomic E-state index is -0.213. The summed E-state index contributed by atoms with van der Waals surface area (Å²) in [6.07, 6.45) is 2.67. The quantitative estimate of drug-likeness (QED) is 0.359. The molecule has 2 N–H and O–H groups in total. The van der Waals surface area contributed by atoms with Gasteiger partial charge in [0.25, 0.3) is 5.91 Å². The number of carbonyl (C=O) groups is 2. The van der Waals surface area contributed by atoms with Crippen molar-refractivity contribution in [2.45, 2.75) is 32.4 Å². The second-order valence-corrected chi connectivity index (χ2v) is 8.49. The van der Waals surface area contributed by atoms with Crippen LogP contribution in [0.15, 0.2) is 65.3 Å². The number of furan rings is 1. The molecule has 35 heavy (non-hydrogen) atoms. The fourth-order valence-corrected chi connectivity index (χ4v) is 4.55. The van der Waals surface area contributed by atoms with Crippen molar-refractivity contribution in [3.05, 3.63) is 77.7 Å². The first-order chi connectivity index (χ1) is 17.1. The third kappa shape index (κ3) is 4.83. The predicted octanol–water partition coefficient (Wildman–Crippen LogP) is 3.87. The van der Waals surface area contributed by atoms with Crippen LogP contribution < -0.4 is 10.6 Å². The monoisotopic (exact) mass is 472 g/mol. The molecule has 1 aliphatic rings. The normalized spacial score (nSPS) is 13.9. The summed E-state index contributed by atoms with van der Waals surface area (Å²) in [7, 11) is 0. The van der Waals surface area contributed by atoms with Gasteiger partial charge in [-0.3, -0.25) is 9.59 Å². The summed E-state index contributed by atoms with van der Waals surface area (Å²) in [5, 5.41) is 6.38. The molecule has 180 valence electrons. The van der Waals surface area contributed by atoms with Gasteiger partial charge in [0, 0.05) is 25.2 Å². The van der Waals surface area contributed by atoms with Gasteiger partial charge in [-0.2, -0.15) is 0 Å². The first-order valence-electron chi connectivity index (χ1n) is 11.9. The Bertz CT molecular complexity index is 1330. The lowest BCUT2D eigenvalue weighted by atomic mass is 10.0. The van der Waals surface area contributed by atoms with E-state index >= 15 is 0 Å². The Morgan fingerprint density at radius 1 is 1.20 bits per heavy atom. The average Bonchev–Trinajstić information content (AvgIpc) is 3.49. The second-order valence-electron chi connectivity index (χ2n) is 8.49. The van der Waals surface area contributed by atoms with Crippen molar-refractivity contribution in [3.8, 4) is 11.4 Å². The van der Waals surface area contributed by atoms with Gasteiger partial charge in [-0.05, 0) is 43.2 Å². The number of aromatic nitrogens is 2. The molecule has 5 rings (SSSR count). The van der Waals surface area contributed by atoms with Crippen LogP contribution in [0.1, 0.15) is 41.1 Å². The Morgan fingerprint density at radius 3 is 2.83 bits per heavy atom. The number of esters is 1. The van der Waals surface area contributed by atoms with E-state index in [4.69, 9.17) is 14.1 Å². The van der Waals surface area contributed by atoms with Crippen LogP contribution in [-0.2, 0) is 22.5 Å². The number of amides is 1. The fourth-order valence-electron chi connectivity index (χ4n) is 4.55. The van der Waals surface area contributed by atoms with Gasteiger partial charge in [0.2, 0.25) is 0 Å². The number of imidazole rings is 1. The zero-order valence-corrected chi connectivity index (χ0v) is 19.6. The van der Waals surface area contributed by atoms with Crippen molar-refractivity contribution in [2.75, 3.05) is 19.7 Å². The van der Waals surface area contributed by atoms with Gasteiger partial charge < -0.3 is 24.4 Å². The zero-order chi connectivity index (χ0) is 24.2. The van der Waals surface area contributed by atoms with E-state index < -0.39 is 0 Å². The standard InChI is InChI=1S/C27H28N4O4/c1-2-34-24(32)12-13-28-22(23-7-4-16-35-23)17-18-8-10-19(11-9-18)26-30-21-6-3-5-20-25(21)31(26)15-14-29-27(20)33/h3-11,16,22,28H,2,12-15,17H2,1H3,(H,29,33). The molecule has 0 spiro atoms. The number of ether oxygens (including phenoxy) is 1. The summed E-state index contributed by atoms with van der Waals surface area (Å²) in [6, 6.07) is 17.7. The van der Waals surface area contributed by atoms with Crippen molar-refractivity contribution >= 4 is 22.9 Å². The highest BCUT2D eigenvalue weighted by Gasteiger charge is 2.22. The summed E-state index contributed by atoms with van der Waals surface area (Å²) in [4.78, 5) is 29.0. The molecular weight excluding hydrogens is 444 g/mol. The van der Waals surface area contributed by atoms with Crippen LogP contribution in [-0.4, -0.2) is 41.1 Å². The number of rotatable bonds is 9. The molecule has 1 atom stereocenters. The van der Waals surface area contributed by atoms with Crippen molar-refractivity contribution in [1.82, 2.24) is 20.2 Å². The van der Waals surface area contributed by atoms with Crippen molar-refractivity contribution in [1.29, 1.82) is 0 Å². The van der Waals surface area contributed by atoms with E-state index in [-0.39, 0.29) is 17.9 Å². The third-order valence-electron chi connectivity index (χ3n) is 6.20. The van der Waals surface area contributed by atoms with E-state index in [1.54, 1.807) is 13.2 Å². The highest BCUT2D eigenvalue weighted by Crippen LogP contribution is 2.29. The van der Waals surface area contributed by atoms with E-state index in [0.29, 0.717) is 44.6 Å². The lowest BCUT2D eigenvalue weighted by Crippen LogP contribution is -2.26. The molecule has 0 fully saturated rings. The average molecular weight is 473 g/mol. The first-order valence-corrected chi connectivity index (χ1v) is 11.9. The Balaban J connectivity index is 1.36. The summed E-state index contributed by atoms with van der Waals surface area (Å²) in [5.41, 5.74) is 4.48. The molecule has 0 bridgehead atoms. The van der Waals surface area contributed by atoms with Crippen molar-refractivity contribution in [2.24, 2.45) is 0 Å². The molecule has 1 unspecified atom stereocenters. The molecule has 0 aliphatic carbocycles. The lowest BCUT2D eigenvalue weighted by Gasteiger charge is -2.17. The highest BCUT2D eigenvalue weighted by molar-refractivity contribution is 6.06. The molecule has 1 amide bonds. The third-order valence-corrected chi connectivity index (χ3v) is 6.20. The maximum atomic E-state index is 12.4. The van der Waals surface area contributed by atoms with Crippen LogP contribution in [0, 0.1) is 0 Å². The maximum Gasteiger partial charge on any atom is 0.307 e. The molecule has 2 aromatic heterocycles. The van der Waals surface area contributed by atoms with Crippen molar-refractivity contribution in [3.63, 3.8) is 0 Å². The zero-order valence-electron chi connectivity index (χ0n) is 19.6. The SMILES string of the molecule is CCOC(=O)CCNC(Cc1ccc(-c2nc3cccc4c3n2CCNC4=O)cc1)c1ccco1. The Labute approximate surface area is 203 Å². The number of nitrogens with one attached hydrogen (secondary N) is 2. The Hall–Kier alpha value is -3.91. The maximum absolute atomic E-state index is 12.4. The van der Waals surface area contributed by atoms with Gasteiger partial charge in [-0.1, -0.05) is 30.3 Å². The van der Waals surface area contributed by atoms with Crippen LogP contribution in [0.5, 0.6) is 0 Å². The molecule has 1 aliphatic heterocycles. The molecule has 0 saturated carbocycles. The summed E-state index contributed by atoms with van der Waals surface area (Å²) in [6.45, 7) is 3.92. The molecule has 3 heterocycles. The smallest absolute Gasteiger partial charge is 0.307 e. The number of hydrogen-bond acceptors (Lipinski definition) is 6. The minimum absolute atomic E-state index is 0.0597. The number of benzene rings is 2. The molecule has 8 nitrogen and oxygen atoms in total. The largest absolute Gasteiger partial charge is 0.468 e. The van der Waals surface area contributed by atoms with E-state index in [9.17, 15) is 9.59 Å². The van der Waals surface area contributed by atoms with Crippen molar-refractivity contribution < 1.29 is 18.7 Å². The Morgan fingerprint density at radius 2 is 2.06 bits per heavy atom. The lowest BCUT2D eigenvalue weighted by molar-refractivity contribution is -0.143. The first kappa shape index (κ1) is 22.9. The van der Waals surface area contributed by atoms with Gasteiger partial charge in [-0.15, -0.1) is 0 Å². The number of nitrogens with zero attached hydrogens (tertiary/aromatic N) is 2. The fraction of sp³-hybridized carbons (Fsp3) is 0.296. The van der Waals surface area contributed by atoms with Gasteiger partial charge in [-0.25, -0.2) is 4.98 Å². The number of hydrogen-bond donors (Lipinski definition) is 2. The molecule has 4 aromatic rings. The van der Waals surface area contributed by atoms with E-state index in [0.717, 1.165) is 33.7 Å². The van der Waals surface area contributed by atoms with E-state index in [1.807, 2.05) is 30.3 Å². The van der Waals surface area contributed by atoms with Gasteiger partial charge in [0.1, 0.15) is 11.6 Å². The van der Waals surface area contributed by atoms with Gasteiger partial charge in [0.15, 0.2) is 0 Å². The minimum Gasteiger partial charge on any atom is -0.468 e. The molecule has 2 aromatic carbocycles. The molecule has 8 heteroatoms. The highest BCUT2D eigenvalue weighted by atomic mass is 16.5. The predicted molar refractivity (Wildman–Crippen MR) is 132 cm³/mol. The van der Waals surface area contributed by atoms with Crippen LogP contribution >= 0.6 is 0 Å². The summed E-state index contributed by atoms with van der Waals surface area (Å²) in [5.74, 6) is 1.40. The van der Waals surface area contributed by atoms with Crippen LogP contribution in [0.3, 0.4) is 0 Å². The van der Waals surface area contributed by atoms with Crippen LogP contribution in [0.2, 0.25) is 0 Å². The number of para-hydroxylation sites is 1. The number of carbonyl (C=O) groups excluding carboxylic acids is 2. The summed E-state index contributed by atoms with van der Waals surface area (Å²) >= 11 is 0. The topological polar surface area (TPSA) is 98.4 Å². The molecule has 0 radical (unpaired) electrons. The van der Waals surface area contributed by atoms with Crippen LogP contribution in [0.4, 0.5) is 0 Å². The van der Waals surface area contributed by atoms with E-state index in [2.05, 4.69) is 39.5 Å². The molecular formula is C27H28N4O4. The summed E-state index contributed by atoms with van der Waals surface area (Å²) < 4.78 is 12.8. The van der Waals surface area contributed by atoms with Crippen LogP contribution in [0.25, 0.3) is 22.4 Å². The second kappa shape index (κ2) is 10.1. The Kier molecular flexibility index (Phi) is 6.63. The molecule has 0 saturated heterocycles. The van der Waals surface area contributed by atoms with Gasteiger partial charge in [0.05, 0.1) is 41.9 Å². The van der Waals surface area contributed by atoms with Gasteiger partial charge >= 0.3 is 5.97 Å².